The van der Waals surface area contributed by atoms with E-state index in [1.165, 1.54) is 6.07 Å². The molecule has 2 aromatic carbocycles. The number of sulfonamides is 1. The second-order valence-corrected chi connectivity index (χ2v) is 7.72. The van der Waals surface area contributed by atoms with Crippen LogP contribution in [-0.4, -0.2) is 31.1 Å². The number of rotatable bonds is 7. The van der Waals surface area contributed by atoms with Gasteiger partial charge in [-0.05, 0) is 29.8 Å². The molecule has 0 saturated heterocycles. The van der Waals surface area contributed by atoms with Crippen LogP contribution in [0.15, 0.2) is 51.8 Å². The Bertz CT molecular complexity index is 1060. The van der Waals surface area contributed by atoms with Gasteiger partial charge in [0.05, 0.1) is 11.3 Å². The van der Waals surface area contributed by atoms with Crippen molar-refractivity contribution < 1.29 is 22.4 Å². The molecule has 0 saturated carbocycles. The van der Waals surface area contributed by atoms with E-state index >= 15 is 0 Å². The van der Waals surface area contributed by atoms with Crippen molar-refractivity contribution in [2.24, 2.45) is 0 Å². The van der Waals surface area contributed by atoms with Crippen LogP contribution in [0, 0.1) is 6.92 Å². The average Bonchev–Trinajstić information content (AvgIpc) is 3.07. The van der Waals surface area contributed by atoms with Crippen LogP contribution >= 0.6 is 0 Å². The third kappa shape index (κ3) is 4.69. The van der Waals surface area contributed by atoms with E-state index in [4.69, 9.17) is 9.15 Å². The third-order valence-electron chi connectivity index (χ3n) is 3.85. The van der Waals surface area contributed by atoms with E-state index in [1.807, 2.05) is 24.3 Å². The van der Waals surface area contributed by atoms with E-state index in [-0.39, 0.29) is 23.8 Å². The molecule has 0 radical (unpaired) electrons. The van der Waals surface area contributed by atoms with Gasteiger partial charge in [-0.3, -0.25) is 4.79 Å². The highest BCUT2D eigenvalue weighted by Crippen LogP contribution is 2.19. The topological polar surface area (TPSA) is 111 Å². The number of nitrogens with zero attached hydrogens (tertiary/aromatic N) is 2. The van der Waals surface area contributed by atoms with E-state index in [0.29, 0.717) is 5.89 Å². The SMILES string of the molecule is Cc1nnc(C(C)OC(=O)CCNS(=O)(=O)c2ccc3ccccc3c2)o1. The Morgan fingerprint density at radius 1 is 1.19 bits per heavy atom. The molecule has 142 valence electrons. The monoisotopic (exact) mass is 389 g/mol. The zero-order chi connectivity index (χ0) is 19.4. The molecule has 0 bridgehead atoms. The Labute approximate surface area is 156 Å². The molecular weight excluding hydrogens is 370 g/mol. The van der Waals surface area contributed by atoms with Crippen LogP contribution in [0.1, 0.15) is 31.2 Å². The Hall–Kier alpha value is -2.78. The largest absolute Gasteiger partial charge is 0.453 e. The maximum absolute atomic E-state index is 12.4. The summed E-state index contributed by atoms with van der Waals surface area (Å²) in [6.45, 7) is 3.15. The number of aryl methyl sites for hydroxylation is 1. The molecule has 1 aromatic heterocycles. The number of hydrogen-bond acceptors (Lipinski definition) is 7. The lowest BCUT2D eigenvalue weighted by molar-refractivity contribution is -0.149. The maximum Gasteiger partial charge on any atom is 0.307 e. The predicted molar refractivity (Wildman–Crippen MR) is 97.3 cm³/mol. The van der Waals surface area contributed by atoms with Gasteiger partial charge in [0.1, 0.15) is 0 Å². The summed E-state index contributed by atoms with van der Waals surface area (Å²) in [6.07, 6.45) is -0.819. The molecule has 0 aliphatic carbocycles. The third-order valence-corrected chi connectivity index (χ3v) is 5.31. The van der Waals surface area contributed by atoms with Gasteiger partial charge in [-0.15, -0.1) is 10.2 Å². The molecule has 9 heteroatoms. The fraction of sp³-hybridized carbons (Fsp3) is 0.278. The van der Waals surface area contributed by atoms with Crippen molar-refractivity contribution in [3.05, 3.63) is 54.2 Å². The van der Waals surface area contributed by atoms with Gasteiger partial charge < -0.3 is 9.15 Å². The fourth-order valence-electron chi connectivity index (χ4n) is 2.49. The van der Waals surface area contributed by atoms with Crippen LogP contribution in [-0.2, 0) is 19.6 Å². The number of carbonyl (C=O) groups excluding carboxylic acids is 1. The van der Waals surface area contributed by atoms with E-state index < -0.39 is 22.1 Å². The van der Waals surface area contributed by atoms with E-state index in [2.05, 4.69) is 14.9 Å². The second kappa shape index (κ2) is 7.85. The number of fused-ring (bicyclic) bond motifs is 1. The summed E-state index contributed by atoms with van der Waals surface area (Å²) >= 11 is 0. The molecule has 0 amide bonds. The Kier molecular flexibility index (Phi) is 5.52. The second-order valence-electron chi connectivity index (χ2n) is 5.95. The van der Waals surface area contributed by atoms with Crippen LogP contribution < -0.4 is 4.72 Å². The average molecular weight is 389 g/mol. The first kappa shape index (κ1) is 19.0. The Morgan fingerprint density at radius 3 is 2.63 bits per heavy atom. The van der Waals surface area contributed by atoms with Gasteiger partial charge in [0.2, 0.25) is 15.9 Å². The smallest absolute Gasteiger partial charge is 0.307 e. The molecule has 3 aromatic rings. The van der Waals surface area contributed by atoms with Gasteiger partial charge in [0, 0.05) is 13.5 Å². The van der Waals surface area contributed by atoms with Crippen molar-refractivity contribution in [3.8, 4) is 0 Å². The van der Waals surface area contributed by atoms with E-state index in [1.54, 1.807) is 26.0 Å². The molecule has 0 spiro atoms. The van der Waals surface area contributed by atoms with Crippen molar-refractivity contribution in [3.63, 3.8) is 0 Å². The highest BCUT2D eigenvalue weighted by atomic mass is 32.2. The molecule has 0 aliphatic rings. The first-order valence-electron chi connectivity index (χ1n) is 8.33. The fourth-order valence-corrected chi connectivity index (χ4v) is 3.55. The molecule has 8 nitrogen and oxygen atoms in total. The summed E-state index contributed by atoms with van der Waals surface area (Å²) in [6, 6.07) is 12.3. The molecule has 3 rings (SSSR count). The van der Waals surface area contributed by atoms with Crippen molar-refractivity contribution in [1.82, 2.24) is 14.9 Å². The normalized spacial score (nSPS) is 12.8. The van der Waals surface area contributed by atoms with Gasteiger partial charge >= 0.3 is 5.97 Å². The van der Waals surface area contributed by atoms with Gasteiger partial charge in [-0.1, -0.05) is 30.3 Å². The Balaban J connectivity index is 1.55. The maximum atomic E-state index is 12.4. The minimum Gasteiger partial charge on any atom is -0.453 e. The Morgan fingerprint density at radius 2 is 1.93 bits per heavy atom. The quantitative estimate of drug-likeness (QED) is 0.618. The van der Waals surface area contributed by atoms with Crippen molar-refractivity contribution in [2.75, 3.05) is 6.54 Å². The number of hydrogen-bond donors (Lipinski definition) is 1. The standard InChI is InChI=1S/C18H19N3O5S/c1-12(18-21-20-13(2)26-18)25-17(22)9-10-19-27(23,24)16-8-7-14-5-3-4-6-15(14)11-16/h3-8,11-12,19H,9-10H2,1-2H3. The molecule has 1 N–H and O–H groups in total. The molecule has 0 aliphatic heterocycles. The summed E-state index contributed by atoms with van der Waals surface area (Å²) in [7, 11) is -3.72. The first-order valence-corrected chi connectivity index (χ1v) is 9.81. The minimum absolute atomic E-state index is 0.0798. The van der Waals surface area contributed by atoms with Crippen LogP contribution in [0.4, 0.5) is 0 Å². The molecular formula is C18H19N3O5S. The lowest BCUT2D eigenvalue weighted by Gasteiger charge is -2.10. The number of esters is 1. The summed E-state index contributed by atoms with van der Waals surface area (Å²) < 4.78 is 37.6. The molecule has 1 unspecified atom stereocenters. The molecule has 1 heterocycles. The van der Waals surface area contributed by atoms with Crippen LogP contribution in [0.2, 0.25) is 0 Å². The number of aromatic nitrogens is 2. The number of benzene rings is 2. The number of ether oxygens (including phenoxy) is 1. The van der Waals surface area contributed by atoms with Crippen molar-refractivity contribution >= 4 is 26.8 Å². The van der Waals surface area contributed by atoms with Crippen LogP contribution in [0.5, 0.6) is 0 Å². The zero-order valence-corrected chi connectivity index (χ0v) is 15.7. The summed E-state index contributed by atoms with van der Waals surface area (Å²) in [5.74, 6) is -0.00629. The van der Waals surface area contributed by atoms with Crippen LogP contribution in [0.25, 0.3) is 10.8 Å². The summed E-state index contributed by atoms with van der Waals surface area (Å²) in [5, 5.41) is 9.21. The van der Waals surface area contributed by atoms with E-state index in [0.717, 1.165) is 10.8 Å². The predicted octanol–water partition coefficient (Wildman–Crippen LogP) is 2.50. The van der Waals surface area contributed by atoms with Gasteiger partial charge in [-0.2, -0.15) is 0 Å². The lowest BCUT2D eigenvalue weighted by atomic mass is 10.1. The van der Waals surface area contributed by atoms with E-state index in [9.17, 15) is 13.2 Å². The lowest BCUT2D eigenvalue weighted by Crippen LogP contribution is -2.27. The minimum atomic E-state index is -3.72. The zero-order valence-electron chi connectivity index (χ0n) is 14.9. The highest BCUT2D eigenvalue weighted by molar-refractivity contribution is 7.89. The van der Waals surface area contributed by atoms with Gasteiger partial charge in [0.15, 0.2) is 6.10 Å². The number of nitrogens with one attached hydrogen (secondary N) is 1. The van der Waals surface area contributed by atoms with Crippen molar-refractivity contribution in [2.45, 2.75) is 31.3 Å². The molecule has 0 fully saturated rings. The first-order chi connectivity index (χ1) is 12.8. The summed E-state index contributed by atoms with van der Waals surface area (Å²) in [4.78, 5) is 12.0. The molecule has 1 atom stereocenters. The van der Waals surface area contributed by atoms with Gasteiger partial charge in [-0.25, -0.2) is 13.1 Å². The van der Waals surface area contributed by atoms with Crippen LogP contribution in [0.3, 0.4) is 0 Å². The summed E-state index contributed by atoms with van der Waals surface area (Å²) in [5.41, 5.74) is 0. The highest BCUT2D eigenvalue weighted by Gasteiger charge is 2.19. The molecule has 27 heavy (non-hydrogen) atoms. The number of carbonyl (C=O) groups is 1. The van der Waals surface area contributed by atoms with Gasteiger partial charge in [0.25, 0.3) is 5.89 Å². The van der Waals surface area contributed by atoms with Crippen molar-refractivity contribution in [1.29, 1.82) is 0 Å².